The Hall–Kier alpha value is -1.89. The molecule has 1 N–H and O–H groups in total. The summed E-state index contributed by atoms with van der Waals surface area (Å²) in [6.07, 6.45) is 2.11. The topological polar surface area (TPSA) is 53.7 Å². The Morgan fingerprint density at radius 3 is 2.95 bits per heavy atom. The monoisotopic (exact) mass is 368 g/mol. The van der Waals surface area contributed by atoms with Gasteiger partial charge in [0, 0.05) is 31.2 Å². The van der Waals surface area contributed by atoms with Gasteiger partial charge in [-0.3, -0.25) is 4.99 Å². The van der Waals surface area contributed by atoms with Crippen molar-refractivity contribution >= 4 is 21.9 Å². The van der Waals surface area contributed by atoms with Crippen LogP contribution in [-0.2, 0) is 13.0 Å². The number of halogens is 2. The summed E-state index contributed by atoms with van der Waals surface area (Å²) in [6.45, 7) is 1.17. The van der Waals surface area contributed by atoms with E-state index in [9.17, 15) is 4.39 Å². The highest BCUT2D eigenvalue weighted by atomic mass is 79.9. The minimum absolute atomic E-state index is 0.198. The fourth-order valence-corrected chi connectivity index (χ4v) is 2.47. The molecule has 0 fully saturated rings. The van der Waals surface area contributed by atoms with Crippen LogP contribution in [0.5, 0.6) is 0 Å². The highest BCUT2D eigenvalue weighted by molar-refractivity contribution is 9.10. The first-order valence-corrected chi connectivity index (χ1v) is 7.64. The van der Waals surface area contributed by atoms with Crippen LogP contribution in [0.25, 0.3) is 0 Å². The molecule has 0 spiro atoms. The zero-order valence-corrected chi connectivity index (χ0v) is 14.1. The van der Waals surface area contributed by atoms with Gasteiger partial charge in [-0.2, -0.15) is 0 Å². The molecular weight excluding hydrogens is 351 g/mol. The van der Waals surface area contributed by atoms with Gasteiger partial charge in [-0.1, -0.05) is 21.1 Å². The normalized spacial score (nSPS) is 11.5. The second-order valence-electron chi connectivity index (χ2n) is 4.81. The van der Waals surface area contributed by atoms with Gasteiger partial charge in [0.05, 0.1) is 6.54 Å². The number of aromatic nitrogens is 1. The zero-order chi connectivity index (χ0) is 15.9. The zero-order valence-electron chi connectivity index (χ0n) is 12.5. The summed E-state index contributed by atoms with van der Waals surface area (Å²) in [5.41, 5.74) is 1.49. The third-order valence-corrected chi connectivity index (χ3v) is 3.64. The SMILES string of the molecule is CN=C(NCCc1cc(Br)ccc1F)N(C)Cc1ccon1. The molecule has 0 atom stereocenters. The van der Waals surface area contributed by atoms with Crippen molar-refractivity contribution in [3.8, 4) is 0 Å². The molecule has 0 unspecified atom stereocenters. The van der Waals surface area contributed by atoms with Gasteiger partial charge < -0.3 is 14.7 Å². The van der Waals surface area contributed by atoms with Gasteiger partial charge in [-0.05, 0) is 30.2 Å². The highest BCUT2D eigenvalue weighted by Gasteiger charge is 2.09. The van der Waals surface area contributed by atoms with E-state index in [1.165, 1.54) is 12.3 Å². The predicted octanol–water partition coefficient (Wildman–Crippen LogP) is 2.83. The molecule has 0 saturated heterocycles. The Morgan fingerprint density at radius 2 is 2.27 bits per heavy atom. The van der Waals surface area contributed by atoms with E-state index in [1.54, 1.807) is 25.2 Å². The van der Waals surface area contributed by atoms with Gasteiger partial charge in [0.15, 0.2) is 5.96 Å². The number of aliphatic imine (C=N–C) groups is 1. The lowest BCUT2D eigenvalue weighted by molar-refractivity contribution is 0.391. The molecule has 0 saturated carbocycles. The first kappa shape index (κ1) is 16.5. The van der Waals surface area contributed by atoms with Crippen LogP contribution in [-0.4, -0.2) is 36.7 Å². The van der Waals surface area contributed by atoms with Crippen LogP contribution in [0.2, 0.25) is 0 Å². The molecule has 1 heterocycles. The number of rotatable bonds is 5. The third kappa shape index (κ3) is 4.56. The second-order valence-corrected chi connectivity index (χ2v) is 5.72. The molecule has 0 aliphatic rings. The van der Waals surface area contributed by atoms with Crippen LogP contribution in [0, 0.1) is 5.82 Å². The smallest absolute Gasteiger partial charge is 0.193 e. The summed E-state index contributed by atoms with van der Waals surface area (Å²) in [7, 11) is 3.62. The number of hydrogen-bond donors (Lipinski definition) is 1. The van der Waals surface area contributed by atoms with Crippen LogP contribution >= 0.6 is 15.9 Å². The van der Waals surface area contributed by atoms with E-state index in [0.29, 0.717) is 25.1 Å². The molecular formula is C15H18BrFN4O. The number of hydrogen-bond acceptors (Lipinski definition) is 3. The lowest BCUT2D eigenvalue weighted by Crippen LogP contribution is -2.39. The number of guanidine groups is 1. The summed E-state index contributed by atoms with van der Waals surface area (Å²) in [5, 5.41) is 7.08. The molecule has 0 amide bonds. The van der Waals surface area contributed by atoms with Crippen LogP contribution in [0.4, 0.5) is 4.39 Å². The molecule has 118 valence electrons. The van der Waals surface area contributed by atoms with Crippen molar-refractivity contribution in [2.45, 2.75) is 13.0 Å². The molecule has 0 bridgehead atoms. The number of nitrogens with one attached hydrogen (secondary N) is 1. The molecule has 2 rings (SSSR count). The lowest BCUT2D eigenvalue weighted by atomic mass is 10.1. The van der Waals surface area contributed by atoms with Crippen LogP contribution in [0.1, 0.15) is 11.3 Å². The van der Waals surface area contributed by atoms with Gasteiger partial charge in [-0.15, -0.1) is 0 Å². The average Bonchev–Trinajstić information content (AvgIpc) is 2.99. The Balaban J connectivity index is 1.87. The van der Waals surface area contributed by atoms with Crippen molar-refractivity contribution in [1.82, 2.24) is 15.4 Å². The van der Waals surface area contributed by atoms with Crippen molar-refractivity contribution < 1.29 is 8.91 Å². The minimum atomic E-state index is -0.198. The number of nitrogens with zero attached hydrogens (tertiary/aromatic N) is 3. The standard InChI is InChI=1S/C15H18BrFN4O/c1-18-15(21(2)10-13-6-8-22-20-13)19-7-5-11-9-12(16)3-4-14(11)17/h3-4,6,8-9H,5,7,10H2,1-2H3,(H,18,19). The van der Waals surface area contributed by atoms with E-state index in [0.717, 1.165) is 16.1 Å². The van der Waals surface area contributed by atoms with Crippen molar-refractivity contribution in [3.63, 3.8) is 0 Å². The van der Waals surface area contributed by atoms with Gasteiger partial charge in [0.2, 0.25) is 0 Å². The fraction of sp³-hybridized carbons (Fsp3) is 0.333. The second kappa shape index (κ2) is 7.93. The Morgan fingerprint density at radius 1 is 1.45 bits per heavy atom. The maximum Gasteiger partial charge on any atom is 0.193 e. The highest BCUT2D eigenvalue weighted by Crippen LogP contribution is 2.15. The van der Waals surface area contributed by atoms with E-state index in [1.807, 2.05) is 11.9 Å². The van der Waals surface area contributed by atoms with E-state index >= 15 is 0 Å². The van der Waals surface area contributed by atoms with Crippen molar-refractivity contribution in [3.05, 3.63) is 52.1 Å². The molecule has 1 aromatic heterocycles. The first-order valence-electron chi connectivity index (χ1n) is 6.85. The largest absolute Gasteiger partial charge is 0.364 e. The molecule has 7 heteroatoms. The van der Waals surface area contributed by atoms with Gasteiger partial charge >= 0.3 is 0 Å². The minimum Gasteiger partial charge on any atom is -0.364 e. The maximum atomic E-state index is 13.7. The van der Waals surface area contributed by atoms with Crippen LogP contribution in [0.3, 0.4) is 0 Å². The van der Waals surface area contributed by atoms with Gasteiger partial charge in [0.1, 0.15) is 17.8 Å². The summed E-state index contributed by atoms with van der Waals surface area (Å²) < 4.78 is 19.4. The van der Waals surface area contributed by atoms with Gasteiger partial charge in [-0.25, -0.2) is 4.39 Å². The van der Waals surface area contributed by atoms with E-state index in [2.05, 4.69) is 31.4 Å². The third-order valence-electron chi connectivity index (χ3n) is 3.15. The number of benzene rings is 1. The molecule has 0 aliphatic heterocycles. The van der Waals surface area contributed by atoms with Crippen LogP contribution < -0.4 is 5.32 Å². The summed E-state index contributed by atoms with van der Waals surface area (Å²) in [5.74, 6) is 0.523. The molecule has 22 heavy (non-hydrogen) atoms. The summed E-state index contributed by atoms with van der Waals surface area (Å²) >= 11 is 3.35. The Bertz CT molecular complexity index is 630. The van der Waals surface area contributed by atoms with E-state index in [4.69, 9.17) is 4.52 Å². The molecule has 1 aromatic carbocycles. The van der Waals surface area contributed by atoms with E-state index in [-0.39, 0.29) is 5.82 Å². The van der Waals surface area contributed by atoms with Gasteiger partial charge in [0.25, 0.3) is 0 Å². The summed E-state index contributed by atoms with van der Waals surface area (Å²) in [6, 6.07) is 6.75. The predicted molar refractivity (Wildman–Crippen MR) is 87.1 cm³/mol. The lowest BCUT2D eigenvalue weighted by Gasteiger charge is -2.21. The van der Waals surface area contributed by atoms with Crippen molar-refractivity contribution in [2.24, 2.45) is 4.99 Å². The van der Waals surface area contributed by atoms with Crippen molar-refractivity contribution in [2.75, 3.05) is 20.6 Å². The van der Waals surface area contributed by atoms with Crippen molar-refractivity contribution in [1.29, 1.82) is 0 Å². The van der Waals surface area contributed by atoms with E-state index < -0.39 is 0 Å². The molecule has 5 nitrogen and oxygen atoms in total. The average molecular weight is 369 g/mol. The molecule has 2 aromatic rings. The Kier molecular flexibility index (Phi) is 5.94. The summed E-state index contributed by atoms with van der Waals surface area (Å²) in [4.78, 5) is 6.14. The quantitative estimate of drug-likeness (QED) is 0.651. The Labute approximate surface area is 137 Å². The first-order chi connectivity index (χ1) is 10.6. The molecule has 0 radical (unpaired) electrons. The maximum absolute atomic E-state index is 13.7. The molecule has 0 aliphatic carbocycles. The fourth-order valence-electron chi connectivity index (χ4n) is 2.07. The van der Waals surface area contributed by atoms with Crippen LogP contribution in [0.15, 0.2) is 44.5 Å².